The van der Waals surface area contributed by atoms with Crippen molar-refractivity contribution in [3.63, 3.8) is 0 Å². The molecule has 1 heterocycles. The minimum absolute atomic E-state index is 0.0224. The van der Waals surface area contributed by atoms with Gasteiger partial charge in [-0.1, -0.05) is 6.92 Å². The minimum atomic E-state index is -0.0224. The Kier molecular flexibility index (Phi) is 6.57. The van der Waals surface area contributed by atoms with Gasteiger partial charge in [0.05, 0.1) is 12.1 Å². The summed E-state index contributed by atoms with van der Waals surface area (Å²) in [5.41, 5.74) is 6.21. The smallest absolute Gasteiger partial charge is 0.226 e. The maximum atomic E-state index is 11.5. The summed E-state index contributed by atoms with van der Waals surface area (Å²) in [5.74, 6) is -0.0224. The van der Waals surface area contributed by atoms with E-state index >= 15 is 0 Å². The number of thiazole rings is 1. The van der Waals surface area contributed by atoms with Crippen LogP contribution in [0.3, 0.4) is 0 Å². The van der Waals surface area contributed by atoms with E-state index < -0.39 is 0 Å². The molecule has 0 saturated carbocycles. The lowest BCUT2D eigenvalue weighted by Crippen LogP contribution is -2.27. The number of nitrogens with one attached hydrogen (secondary N) is 1. The zero-order valence-electron chi connectivity index (χ0n) is 10.1. The van der Waals surface area contributed by atoms with Crippen molar-refractivity contribution in [2.45, 2.75) is 26.2 Å². The SMILES string of the molecule is CCCOCCCNC(=O)Cc1csc(N)n1. The van der Waals surface area contributed by atoms with Crippen LogP contribution in [0.25, 0.3) is 0 Å². The molecule has 0 fully saturated rings. The predicted molar refractivity (Wildman–Crippen MR) is 69.0 cm³/mol. The van der Waals surface area contributed by atoms with Gasteiger partial charge in [-0.2, -0.15) is 0 Å². The molecule has 96 valence electrons. The van der Waals surface area contributed by atoms with Gasteiger partial charge in [-0.05, 0) is 12.8 Å². The average Bonchev–Trinajstić information content (AvgIpc) is 2.69. The third-order valence-electron chi connectivity index (χ3n) is 2.05. The van der Waals surface area contributed by atoms with E-state index in [1.165, 1.54) is 11.3 Å². The van der Waals surface area contributed by atoms with E-state index in [2.05, 4.69) is 17.2 Å². The summed E-state index contributed by atoms with van der Waals surface area (Å²) in [4.78, 5) is 15.5. The van der Waals surface area contributed by atoms with E-state index in [1.54, 1.807) is 5.38 Å². The Morgan fingerprint density at radius 1 is 1.59 bits per heavy atom. The van der Waals surface area contributed by atoms with Crippen LogP contribution in [0, 0.1) is 0 Å². The number of aromatic nitrogens is 1. The van der Waals surface area contributed by atoms with Crippen LogP contribution in [0.5, 0.6) is 0 Å². The van der Waals surface area contributed by atoms with Crippen LogP contribution >= 0.6 is 11.3 Å². The Hall–Kier alpha value is -1.14. The standard InChI is InChI=1S/C11H19N3O2S/c1-2-5-16-6-3-4-13-10(15)7-9-8-17-11(12)14-9/h8H,2-7H2,1H3,(H2,12,14)(H,13,15). The number of amides is 1. The van der Waals surface area contributed by atoms with Crippen LogP contribution in [-0.2, 0) is 16.0 Å². The van der Waals surface area contributed by atoms with E-state index in [-0.39, 0.29) is 5.91 Å². The lowest BCUT2D eigenvalue weighted by molar-refractivity contribution is -0.120. The highest BCUT2D eigenvalue weighted by atomic mass is 32.1. The van der Waals surface area contributed by atoms with E-state index in [1.807, 2.05) is 0 Å². The lowest BCUT2D eigenvalue weighted by atomic mass is 10.3. The highest BCUT2D eigenvalue weighted by molar-refractivity contribution is 7.13. The summed E-state index contributed by atoms with van der Waals surface area (Å²) < 4.78 is 5.31. The van der Waals surface area contributed by atoms with Gasteiger partial charge in [-0.25, -0.2) is 4.98 Å². The number of carbonyl (C=O) groups excluding carboxylic acids is 1. The molecule has 0 aliphatic rings. The number of hydrogen-bond acceptors (Lipinski definition) is 5. The number of rotatable bonds is 8. The van der Waals surface area contributed by atoms with Crippen molar-refractivity contribution in [1.82, 2.24) is 10.3 Å². The summed E-state index contributed by atoms with van der Waals surface area (Å²) in [6.07, 6.45) is 2.16. The molecule has 0 saturated heterocycles. The number of nitrogen functional groups attached to an aromatic ring is 1. The van der Waals surface area contributed by atoms with Crippen LogP contribution in [-0.4, -0.2) is 30.6 Å². The highest BCUT2D eigenvalue weighted by Crippen LogP contribution is 2.11. The van der Waals surface area contributed by atoms with Crippen molar-refractivity contribution >= 4 is 22.4 Å². The van der Waals surface area contributed by atoms with Crippen LogP contribution in [0.1, 0.15) is 25.5 Å². The van der Waals surface area contributed by atoms with E-state index in [9.17, 15) is 4.79 Å². The van der Waals surface area contributed by atoms with Crippen LogP contribution in [0.2, 0.25) is 0 Å². The van der Waals surface area contributed by atoms with Gasteiger partial charge in [0.2, 0.25) is 5.91 Å². The number of hydrogen-bond donors (Lipinski definition) is 2. The number of anilines is 1. The van der Waals surface area contributed by atoms with Gasteiger partial charge in [-0.15, -0.1) is 11.3 Å². The minimum Gasteiger partial charge on any atom is -0.381 e. The number of nitrogens with two attached hydrogens (primary N) is 1. The Morgan fingerprint density at radius 2 is 2.41 bits per heavy atom. The molecular formula is C11H19N3O2S. The summed E-state index contributed by atoms with van der Waals surface area (Å²) in [6, 6.07) is 0. The van der Waals surface area contributed by atoms with Gasteiger partial charge in [-0.3, -0.25) is 4.79 Å². The molecule has 0 spiro atoms. The molecule has 6 heteroatoms. The quantitative estimate of drug-likeness (QED) is 0.686. The summed E-state index contributed by atoms with van der Waals surface area (Å²) in [7, 11) is 0. The zero-order chi connectivity index (χ0) is 12.5. The van der Waals surface area contributed by atoms with Gasteiger partial charge in [0.25, 0.3) is 0 Å². The Morgan fingerprint density at radius 3 is 3.06 bits per heavy atom. The fourth-order valence-electron chi connectivity index (χ4n) is 1.28. The maximum Gasteiger partial charge on any atom is 0.226 e. The summed E-state index contributed by atoms with van der Waals surface area (Å²) >= 11 is 1.35. The molecule has 1 rings (SSSR count). The normalized spacial score (nSPS) is 10.4. The van der Waals surface area contributed by atoms with Crippen molar-refractivity contribution < 1.29 is 9.53 Å². The van der Waals surface area contributed by atoms with E-state index in [4.69, 9.17) is 10.5 Å². The molecule has 17 heavy (non-hydrogen) atoms. The first-order valence-electron chi connectivity index (χ1n) is 5.76. The molecule has 0 unspecified atom stereocenters. The molecule has 5 nitrogen and oxygen atoms in total. The van der Waals surface area contributed by atoms with Crippen LogP contribution in [0.4, 0.5) is 5.13 Å². The van der Waals surface area contributed by atoms with Crippen molar-refractivity contribution in [1.29, 1.82) is 0 Å². The topological polar surface area (TPSA) is 77.2 Å². The molecule has 1 aromatic heterocycles. The third kappa shape index (κ3) is 6.23. The van der Waals surface area contributed by atoms with Crippen LogP contribution in [0.15, 0.2) is 5.38 Å². The van der Waals surface area contributed by atoms with Gasteiger partial charge in [0.1, 0.15) is 0 Å². The van der Waals surface area contributed by atoms with Crippen molar-refractivity contribution in [2.24, 2.45) is 0 Å². The third-order valence-corrected chi connectivity index (χ3v) is 2.77. The summed E-state index contributed by atoms with van der Waals surface area (Å²) in [6.45, 7) is 4.19. The van der Waals surface area contributed by atoms with Crippen molar-refractivity contribution in [3.05, 3.63) is 11.1 Å². The monoisotopic (exact) mass is 257 g/mol. The molecule has 0 aromatic carbocycles. The lowest BCUT2D eigenvalue weighted by Gasteiger charge is -2.04. The largest absolute Gasteiger partial charge is 0.381 e. The summed E-state index contributed by atoms with van der Waals surface area (Å²) in [5, 5.41) is 5.13. The first-order chi connectivity index (χ1) is 8.22. The first kappa shape index (κ1) is 13.9. The number of ether oxygens (including phenoxy) is 1. The van der Waals surface area contributed by atoms with Crippen molar-refractivity contribution in [3.8, 4) is 0 Å². The van der Waals surface area contributed by atoms with Crippen molar-refractivity contribution in [2.75, 3.05) is 25.5 Å². The number of nitrogens with zero attached hydrogens (tertiary/aromatic N) is 1. The predicted octanol–water partition coefficient (Wildman–Crippen LogP) is 1.20. The molecule has 3 N–H and O–H groups in total. The molecule has 0 bridgehead atoms. The van der Waals surface area contributed by atoms with E-state index in [0.717, 1.165) is 25.1 Å². The fraction of sp³-hybridized carbons (Fsp3) is 0.636. The molecule has 0 aliphatic heterocycles. The maximum absolute atomic E-state index is 11.5. The Bertz CT molecular complexity index is 341. The fourth-order valence-corrected chi connectivity index (χ4v) is 1.84. The van der Waals surface area contributed by atoms with Gasteiger partial charge in [0.15, 0.2) is 5.13 Å². The average molecular weight is 257 g/mol. The molecule has 1 amide bonds. The molecule has 1 aromatic rings. The molecule has 0 aliphatic carbocycles. The number of carbonyl (C=O) groups is 1. The van der Waals surface area contributed by atoms with Gasteiger partial charge in [0, 0.05) is 25.1 Å². The van der Waals surface area contributed by atoms with Gasteiger partial charge < -0.3 is 15.8 Å². The van der Waals surface area contributed by atoms with E-state index in [0.29, 0.717) is 24.7 Å². The second-order valence-electron chi connectivity index (χ2n) is 3.67. The molecular weight excluding hydrogens is 238 g/mol. The molecule has 0 atom stereocenters. The first-order valence-corrected chi connectivity index (χ1v) is 6.64. The van der Waals surface area contributed by atoms with Crippen LogP contribution < -0.4 is 11.1 Å². The second-order valence-corrected chi connectivity index (χ2v) is 4.56. The zero-order valence-corrected chi connectivity index (χ0v) is 10.9. The Labute approximate surface area is 105 Å². The van der Waals surface area contributed by atoms with Gasteiger partial charge >= 0.3 is 0 Å². The molecule has 0 radical (unpaired) electrons. The highest BCUT2D eigenvalue weighted by Gasteiger charge is 2.05. The Balaban J connectivity index is 2.05. The second kappa shape index (κ2) is 8.03.